The molecule has 1 N–H and O–H groups in total. The SMILES string of the molecule is COc1ccc(C)cc1CCNC(=O)CCCOc1ccc(Br)cc1. The van der Waals surface area contributed by atoms with Gasteiger partial charge < -0.3 is 14.8 Å². The fourth-order valence-corrected chi connectivity index (χ4v) is 2.75. The number of rotatable bonds is 9. The van der Waals surface area contributed by atoms with Crippen LogP contribution in [0.3, 0.4) is 0 Å². The van der Waals surface area contributed by atoms with E-state index in [2.05, 4.69) is 27.3 Å². The summed E-state index contributed by atoms with van der Waals surface area (Å²) in [6.45, 7) is 3.18. The molecule has 4 nitrogen and oxygen atoms in total. The maximum absolute atomic E-state index is 11.9. The molecule has 0 aliphatic rings. The molecule has 134 valence electrons. The predicted octanol–water partition coefficient (Wildman–Crippen LogP) is 4.28. The minimum absolute atomic E-state index is 0.0472. The monoisotopic (exact) mass is 405 g/mol. The molecule has 0 unspecified atom stereocenters. The molecule has 0 atom stereocenters. The lowest BCUT2D eigenvalue weighted by atomic mass is 10.1. The highest BCUT2D eigenvalue weighted by molar-refractivity contribution is 9.10. The van der Waals surface area contributed by atoms with Crippen molar-refractivity contribution in [3.8, 4) is 11.5 Å². The predicted molar refractivity (Wildman–Crippen MR) is 103 cm³/mol. The van der Waals surface area contributed by atoms with Gasteiger partial charge in [0.15, 0.2) is 0 Å². The number of aryl methyl sites for hydroxylation is 1. The van der Waals surface area contributed by atoms with Crippen LogP contribution in [0.2, 0.25) is 0 Å². The number of halogens is 1. The molecule has 0 bridgehead atoms. The van der Waals surface area contributed by atoms with E-state index in [0.717, 1.165) is 28.0 Å². The van der Waals surface area contributed by atoms with E-state index in [4.69, 9.17) is 9.47 Å². The third-order valence-electron chi connectivity index (χ3n) is 3.78. The number of carbonyl (C=O) groups is 1. The molecule has 0 saturated heterocycles. The third-order valence-corrected chi connectivity index (χ3v) is 4.31. The van der Waals surface area contributed by atoms with Crippen LogP contribution < -0.4 is 14.8 Å². The molecule has 1 amide bonds. The number of benzene rings is 2. The fraction of sp³-hybridized carbons (Fsp3) is 0.350. The van der Waals surface area contributed by atoms with Crippen molar-refractivity contribution < 1.29 is 14.3 Å². The lowest BCUT2D eigenvalue weighted by Crippen LogP contribution is -2.25. The van der Waals surface area contributed by atoms with E-state index in [1.165, 1.54) is 5.56 Å². The summed E-state index contributed by atoms with van der Waals surface area (Å²) in [5.41, 5.74) is 2.30. The number of methoxy groups -OCH3 is 1. The Bertz CT molecular complexity index is 686. The first-order chi connectivity index (χ1) is 12.1. The number of nitrogens with one attached hydrogen (secondary N) is 1. The van der Waals surface area contributed by atoms with Crippen LogP contribution in [0, 0.1) is 6.92 Å². The second kappa shape index (κ2) is 10.1. The molecule has 25 heavy (non-hydrogen) atoms. The van der Waals surface area contributed by atoms with Crippen molar-refractivity contribution in [2.45, 2.75) is 26.2 Å². The third kappa shape index (κ3) is 6.78. The summed E-state index contributed by atoms with van der Waals surface area (Å²) >= 11 is 3.38. The van der Waals surface area contributed by atoms with Gasteiger partial charge in [-0.15, -0.1) is 0 Å². The molecule has 0 heterocycles. The molecular weight excluding hydrogens is 382 g/mol. The van der Waals surface area contributed by atoms with E-state index in [1.54, 1.807) is 7.11 Å². The van der Waals surface area contributed by atoms with Crippen molar-refractivity contribution in [1.82, 2.24) is 5.32 Å². The summed E-state index contributed by atoms with van der Waals surface area (Å²) in [5.74, 6) is 1.73. The molecule has 2 rings (SSSR count). The highest BCUT2D eigenvalue weighted by Crippen LogP contribution is 2.20. The Morgan fingerprint density at radius 3 is 2.64 bits per heavy atom. The van der Waals surface area contributed by atoms with Gasteiger partial charge in [0.05, 0.1) is 13.7 Å². The number of carbonyl (C=O) groups excluding carboxylic acids is 1. The van der Waals surface area contributed by atoms with Gasteiger partial charge in [0.2, 0.25) is 5.91 Å². The van der Waals surface area contributed by atoms with Gasteiger partial charge in [0.1, 0.15) is 11.5 Å². The van der Waals surface area contributed by atoms with Crippen molar-refractivity contribution in [3.05, 3.63) is 58.1 Å². The highest BCUT2D eigenvalue weighted by atomic mass is 79.9. The Morgan fingerprint density at radius 1 is 1.16 bits per heavy atom. The smallest absolute Gasteiger partial charge is 0.220 e. The molecule has 2 aromatic carbocycles. The van der Waals surface area contributed by atoms with Gasteiger partial charge in [0, 0.05) is 17.4 Å². The van der Waals surface area contributed by atoms with E-state index >= 15 is 0 Å². The van der Waals surface area contributed by atoms with E-state index < -0.39 is 0 Å². The summed E-state index contributed by atoms with van der Waals surface area (Å²) in [6, 6.07) is 13.7. The van der Waals surface area contributed by atoms with Crippen molar-refractivity contribution in [2.24, 2.45) is 0 Å². The van der Waals surface area contributed by atoms with Crippen LogP contribution >= 0.6 is 15.9 Å². The van der Waals surface area contributed by atoms with E-state index in [-0.39, 0.29) is 5.91 Å². The van der Waals surface area contributed by atoms with Gasteiger partial charge in [-0.2, -0.15) is 0 Å². The Labute approximate surface area is 157 Å². The Hall–Kier alpha value is -2.01. The number of amides is 1. The normalized spacial score (nSPS) is 10.4. The highest BCUT2D eigenvalue weighted by Gasteiger charge is 2.05. The molecule has 0 aliphatic carbocycles. The Balaban J connectivity index is 1.64. The first kappa shape index (κ1) is 19.3. The van der Waals surface area contributed by atoms with Crippen LogP contribution in [0.15, 0.2) is 46.9 Å². The summed E-state index contributed by atoms with van der Waals surface area (Å²) < 4.78 is 12.0. The molecule has 0 aromatic heterocycles. The second-order valence-electron chi connectivity index (χ2n) is 5.82. The van der Waals surface area contributed by atoms with E-state index in [9.17, 15) is 4.79 Å². The minimum atomic E-state index is 0.0472. The maximum Gasteiger partial charge on any atom is 0.220 e. The van der Waals surface area contributed by atoms with Crippen LogP contribution in [0.1, 0.15) is 24.0 Å². The van der Waals surface area contributed by atoms with Gasteiger partial charge in [-0.25, -0.2) is 0 Å². The first-order valence-corrected chi connectivity index (χ1v) is 9.16. The Kier molecular flexibility index (Phi) is 7.79. The average molecular weight is 406 g/mol. The zero-order valence-electron chi connectivity index (χ0n) is 14.7. The van der Waals surface area contributed by atoms with E-state index in [1.807, 2.05) is 43.3 Å². The fourth-order valence-electron chi connectivity index (χ4n) is 2.48. The van der Waals surface area contributed by atoms with E-state index in [0.29, 0.717) is 26.0 Å². The van der Waals surface area contributed by atoms with Crippen molar-refractivity contribution in [3.63, 3.8) is 0 Å². The van der Waals surface area contributed by atoms with Crippen LogP contribution in [0.25, 0.3) is 0 Å². The number of hydrogen-bond donors (Lipinski definition) is 1. The standard InChI is InChI=1S/C20H24BrNO3/c1-15-5-10-19(24-2)16(14-15)11-12-22-20(23)4-3-13-25-18-8-6-17(21)7-9-18/h5-10,14H,3-4,11-13H2,1-2H3,(H,22,23). The summed E-state index contributed by atoms with van der Waals surface area (Å²) in [5, 5.41) is 2.95. The molecular formula is C20H24BrNO3. The maximum atomic E-state index is 11.9. The molecule has 2 aromatic rings. The van der Waals surface area contributed by atoms with Gasteiger partial charge in [0.25, 0.3) is 0 Å². The molecule has 0 aliphatic heterocycles. The number of ether oxygens (including phenoxy) is 2. The van der Waals surface area contributed by atoms with Crippen LogP contribution in [-0.4, -0.2) is 26.2 Å². The van der Waals surface area contributed by atoms with Crippen LogP contribution in [0.4, 0.5) is 0 Å². The molecule has 0 radical (unpaired) electrons. The lowest BCUT2D eigenvalue weighted by molar-refractivity contribution is -0.121. The molecule has 0 fully saturated rings. The molecule has 5 heteroatoms. The zero-order chi connectivity index (χ0) is 18.1. The summed E-state index contributed by atoms with van der Waals surface area (Å²) in [6.07, 6.45) is 1.91. The zero-order valence-corrected chi connectivity index (χ0v) is 16.3. The van der Waals surface area contributed by atoms with Gasteiger partial charge >= 0.3 is 0 Å². The topological polar surface area (TPSA) is 47.6 Å². The lowest BCUT2D eigenvalue weighted by Gasteiger charge is -2.10. The van der Waals surface area contributed by atoms with Gasteiger partial charge in [-0.1, -0.05) is 33.6 Å². The second-order valence-corrected chi connectivity index (χ2v) is 6.74. The average Bonchev–Trinajstić information content (AvgIpc) is 2.60. The first-order valence-electron chi connectivity index (χ1n) is 8.37. The molecule has 0 saturated carbocycles. The number of hydrogen-bond acceptors (Lipinski definition) is 3. The van der Waals surface area contributed by atoms with Crippen LogP contribution in [0.5, 0.6) is 11.5 Å². The largest absolute Gasteiger partial charge is 0.496 e. The quantitative estimate of drug-likeness (QED) is 0.633. The van der Waals surface area contributed by atoms with Gasteiger partial charge in [-0.3, -0.25) is 4.79 Å². The van der Waals surface area contributed by atoms with Crippen molar-refractivity contribution >= 4 is 21.8 Å². The van der Waals surface area contributed by atoms with Crippen molar-refractivity contribution in [2.75, 3.05) is 20.3 Å². The van der Waals surface area contributed by atoms with Crippen molar-refractivity contribution in [1.29, 1.82) is 0 Å². The summed E-state index contributed by atoms with van der Waals surface area (Å²) in [7, 11) is 1.66. The van der Waals surface area contributed by atoms with Crippen LogP contribution in [-0.2, 0) is 11.2 Å². The molecule has 0 spiro atoms. The minimum Gasteiger partial charge on any atom is -0.496 e. The van der Waals surface area contributed by atoms with Gasteiger partial charge in [-0.05, 0) is 55.7 Å². The Morgan fingerprint density at radius 2 is 1.92 bits per heavy atom. The summed E-state index contributed by atoms with van der Waals surface area (Å²) in [4.78, 5) is 11.9.